The van der Waals surface area contributed by atoms with Crippen LogP contribution in [0.5, 0.6) is 0 Å². The summed E-state index contributed by atoms with van der Waals surface area (Å²) in [6.45, 7) is 0.668. The number of fused-ring (bicyclic) bond motifs is 1. The number of hydrogen-bond acceptors (Lipinski definition) is 7. The van der Waals surface area contributed by atoms with Gasteiger partial charge in [0.15, 0.2) is 0 Å². The zero-order chi connectivity index (χ0) is 31.9. The predicted molar refractivity (Wildman–Crippen MR) is 182 cm³/mol. The van der Waals surface area contributed by atoms with E-state index in [9.17, 15) is 9.59 Å². The molecule has 0 fully saturated rings. The van der Waals surface area contributed by atoms with E-state index in [2.05, 4.69) is 20.9 Å². The van der Waals surface area contributed by atoms with E-state index in [1.807, 2.05) is 103 Å². The van der Waals surface area contributed by atoms with Crippen molar-refractivity contribution in [1.29, 1.82) is 0 Å². The van der Waals surface area contributed by atoms with Gasteiger partial charge in [-0.15, -0.1) is 0 Å². The number of carbonyl (C=O) groups excluding carboxylic acids is 2. The van der Waals surface area contributed by atoms with Gasteiger partial charge in [0, 0.05) is 53.2 Å². The second-order valence-electron chi connectivity index (χ2n) is 10.8. The summed E-state index contributed by atoms with van der Waals surface area (Å²) in [5.41, 5.74) is 6.75. The molecular formula is C36H32N8O2. The Morgan fingerprint density at radius 1 is 0.826 bits per heavy atom. The summed E-state index contributed by atoms with van der Waals surface area (Å²) < 4.78 is 1.85. The Bertz CT molecular complexity index is 2020. The van der Waals surface area contributed by atoms with Gasteiger partial charge in [0.2, 0.25) is 11.9 Å². The van der Waals surface area contributed by atoms with E-state index < -0.39 is 0 Å². The molecule has 0 bridgehead atoms. The maximum absolute atomic E-state index is 13.0. The smallest absolute Gasteiger partial charge is 0.255 e. The van der Waals surface area contributed by atoms with E-state index >= 15 is 0 Å². The van der Waals surface area contributed by atoms with Gasteiger partial charge in [-0.1, -0.05) is 48.5 Å². The van der Waals surface area contributed by atoms with Gasteiger partial charge in [-0.05, 0) is 74.8 Å². The van der Waals surface area contributed by atoms with Gasteiger partial charge >= 0.3 is 0 Å². The Kier molecular flexibility index (Phi) is 8.89. The Morgan fingerprint density at radius 3 is 2.41 bits per heavy atom. The number of carbonyl (C=O) groups is 2. The summed E-state index contributed by atoms with van der Waals surface area (Å²) in [6, 6.07) is 31.9. The number of anilines is 4. The molecule has 0 aliphatic carbocycles. The number of rotatable bonds is 10. The van der Waals surface area contributed by atoms with Crippen LogP contribution in [0.4, 0.5) is 23.0 Å². The first-order valence-electron chi connectivity index (χ1n) is 14.7. The Labute approximate surface area is 266 Å². The molecular weight excluding hydrogens is 576 g/mol. The molecule has 0 radical (unpaired) electrons. The molecule has 228 valence electrons. The molecule has 3 N–H and O–H groups in total. The van der Waals surface area contributed by atoms with Crippen molar-refractivity contribution >= 4 is 40.3 Å². The Hall–Kier alpha value is -6.13. The van der Waals surface area contributed by atoms with Crippen LogP contribution in [-0.4, -0.2) is 56.9 Å². The average molecular weight is 609 g/mol. The zero-order valence-electron chi connectivity index (χ0n) is 25.4. The molecule has 6 rings (SSSR count). The van der Waals surface area contributed by atoms with Crippen molar-refractivity contribution in [3.63, 3.8) is 0 Å². The molecule has 46 heavy (non-hydrogen) atoms. The third kappa shape index (κ3) is 7.15. The van der Waals surface area contributed by atoms with E-state index in [0.29, 0.717) is 35.1 Å². The lowest BCUT2D eigenvalue weighted by molar-refractivity contribution is -0.111. The van der Waals surface area contributed by atoms with E-state index in [-0.39, 0.29) is 11.8 Å². The minimum absolute atomic E-state index is 0.229. The van der Waals surface area contributed by atoms with Crippen LogP contribution >= 0.6 is 0 Å². The van der Waals surface area contributed by atoms with Crippen molar-refractivity contribution in [3.8, 4) is 22.5 Å². The maximum atomic E-state index is 13.0. The van der Waals surface area contributed by atoms with E-state index in [0.717, 1.165) is 28.0 Å². The van der Waals surface area contributed by atoms with Gasteiger partial charge in [0.1, 0.15) is 5.69 Å². The van der Waals surface area contributed by atoms with Crippen LogP contribution in [0, 0.1) is 0 Å². The largest absolute Gasteiger partial charge is 0.324 e. The van der Waals surface area contributed by atoms with Crippen LogP contribution in [0.15, 0.2) is 128 Å². The number of nitrogens with zero attached hydrogens (tertiary/aromatic N) is 5. The Balaban J connectivity index is 1.16. The number of aromatic nitrogens is 4. The van der Waals surface area contributed by atoms with Crippen LogP contribution < -0.4 is 16.0 Å². The van der Waals surface area contributed by atoms with Gasteiger partial charge in [-0.25, -0.2) is 14.5 Å². The molecule has 10 nitrogen and oxygen atoms in total. The summed E-state index contributed by atoms with van der Waals surface area (Å²) in [5.74, 6) is -0.0988. The SMILES string of the molecule is CN(C)C/C=C/C(=O)Nc1ccc(C(=O)Nc2cccc(Nc3nccc(-c4c(-c5ccccc5)nn5ccccc45)n3)c2)cc1. The second-order valence-corrected chi connectivity index (χ2v) is 10.8. The number of nitrogens with one attached hydrogen (secondary N) is 3. The van der Waals surface area contributed by atoms with Crippen molar-refractivity contribution in [1.82, 2.24) is 24.5 Å². The van der Waals surface area contributed by atoms with Crippen LogP contribution in [0.3, 0.4) is 0 Å². The standard InChI is InChI=1S/C36H32N8O2/c1-43(2)22-9-15-32(45)38-27-18-16-26(17-19-27)35(46)39-28-12-8-13-29(24-28)40-36-37-21-20-30(41-36)33-31-14-6-7-23-44(31)42-34(33)25-10-4-3-5-11-25/h3-21,23-24H,22H2,1-2H3,(H,38,45)(H,39,46)(H,37,40,41)/b15-9+. The number of benzene rings is 3. The third-order valence-electron chi connectivity index (χ3n) is 7.03. The molecule has 0 saturated heterocycles. The van der Waals surface area contributed by atoms with Crippen molar-refractivity contribution in [2.45, 2.75) is 0 Å². The van der Waals surface area contributed by atoms with Crippen LogP contribution in [0.1, 0.15) is 10.4 Å². The predicted octanol–water partition coefficient (Wildman–Crippen LogP) is 6.51. The highest BCUT2D eigenvalue weighted by molar-refractivity contribution is 6.05. The minimum Gasteiger partial charge on any atom is -0.324 e. The molecule has 3 heterocycles. The fourth-order valence-electron chi connectivity index (χ4n) is 4.87. The highest BCUT2D eigenvalue weighted by atomic mass is 16.2. The first-order valence-corrected chi connectivity index (χ1v) is 14.7. The lowest BCUT2D eigenvalue weighted by atomic mass is 10.0. The van der Waals surface area contributed by atoms with Crippen molar-refractivity contribution in [3.05, 3.63) is 133 Å². The minimum atomic E-state index is -0.277. The first kappa shape index (κ1) is 29.9. The first-order chi connectivity index (χ1) is 22.4. The normalized spacial score (nSPS) is 11.2. The van der Waals surface area contributed by atoms with E-state index in [1.54, 1.807) is 42.6 Å². The quantitative estimate of drug-likeness (QED) is 0.152. The summed E-state index contributed by atoms with van der Waals surface area (Å²) in [4.78, 5) is 36.3. The van der Waals surface area contributed by atoms with E-state index in [4.69, 9.17) is 10.1 Å². The average Bonchev–Trinajstić information content (AvgIpc) is 3.45. The van der Waals surface area contributed by atoms with Crippen LogP contribution in [-0.2, 0) is 4.79 Å². The zero-order valence-corrected chi connectivity index (χ0v) is 25.4. The number of amides is 2. The fourth-order valence-corrected chi connectivity index (χ4v) is 4.87. The monoisotopic (exact) mass is 608 g/mol. The lowest BCUT2D eigenvalue weighted by Crippen LogP contribution is -2.13. The summed E-state index contributed by atoms with van der Waals surface area (Å²) in [5, 5.41) is 13.8. The molecule has 0 unspecified atom stereocenters. The molecule has 0 atom stereocenters. The maximum Gasteiger partial charge on any atom is 0.255 e. The molecule has 0 aliphatic rings. The molecule has 10 heteroatoms. The lowest BCUT2D eigenvalue weighted by Gasteiger charge is -2.10. The molecule has 3 aromatic heterocycles. The summed E-state index contributed by atoms with van der Waals surface area (Å²) in [6.07, 6.45) is 6.91. The van der Waals surface area contributed by atoms with Gasteiger partial charge < -0.3 is 20.9 Å². The van der Waals surface area contributed by atoms with Crippen LogP contribution in [0.25, 0.3) is 28.0 Å². The highest BCUT2D eigenvalue weighted by Crippen LogP contribution is 2.34. The second kappa shape index (κ2) is 13.7. The van der Waals surface area contributed by atoms with Gasteiger partial charge in [-0.2, -0.15) is 5.10 Å². The fraction of sp³-hybridized carbons (Fsp3) is 0.0833. The van der Waals surface area contributed by atoms with Crippen molar-refractivity contribution in [2.24, 2.45) is 0 Å². The molecule has 2 amide bonds. The van der Waals surface area contributed by atoms with Gasteiger partial charge in [0.25, 0.3) is 5.91 Å². The molecule has 0 spiro atoms. The number of hydrogen-bond donors (Lipinski definition) is 3. The molecule has 0 aliphatic heterocycles. The summed E-state index contributed by atoms with van der Waals surface area (Å²) in [7, 11) is 3.86. The third-order valence-corrected chi connectivity index (χ3v) is 7.03. The van der Waals surface area contributed by atoms with E-state index in [1.165, 1.54) is 6.08 Å². The molecule has 6 aromatic rings. The number of pyridine rings is 1. The molecule has 0 saturated carbocycles. The van der Waals surface area contributed by atoms with Crippen molar-refractivity contribution < 1.29 is 9.59 Å². The highest BCUT2D eigenvalue weighted by Gasteiger charge is 2.18. The van der Waals surface area contributed by atoms with Crippen LogP contribution in [0.2, 0.25) is 0 Å². The number of likely N-dealkylation sites (N-methyl/N-ethyl adjacent to an activating group) is 1. The molecule has 3 aromatic carbocycles. The topological polar surface area (TPSA) is 117 Å². The van der Waals surface area contributed by atoms with Gasteiger partial charge in [0.05, 0.1) is 16.8 Å². The van der Waals surface area contributed by atoms with Gasteiger partial charge in [-0.3, -0.25) is 9.59 Å². The summed E-state index contributed by atoms with van der Waals surface area (Å²) >= 11 is 0. The Morgan fingerprint density at radius 2 is 1.61 bits per heavy atom. The van der Waals surface area contributed by atoms with Crippen molar-refractivity contribution in [2.75, 3.05) is 36.6 Å².